The van der Waals surface area contributed by atoms with Crippen LogP contribution in [0.5, 0.6) is 0 Å². The highest BCUT2D eigenvalue weighted by Gasteiger charge is 1.99. The molecule has 2 nitrogen and oxygen atoms in total. The van der Waals surface area contributed by atoms with Gasteiger partial charge in [-0.1, -0.05) is 84.5 Å². The third-order valence-corrected chi connectivity index (χ3v) is 4.30. The minimum absolute atomic E-state index is 1.02. The van der Waals surface area contributed by atoms with Gasteiger partial charge in [0.1, 0.15) is 0 Å². The van der Waals surface area contributed by atoms with Gasteiger partial charge in [0.2, 0.25) is 0 Å². The van der Waals surface area contributed by atoms with Crippen LogP contribution < -0.4 is 0 Å². The van der Waals surface area contributed by atoms with E-state index in [9.17, 15) is 0 Å². The minimum Gasteiger partial charge on any atom is -0.366 e. The third kappa shape index (κ3) is 14.4. The normalized spacial score (nSPS) is 11.9. The van der Waals surface area contributed by atoms with Crippen LogP contribution in [0, 0.1) is 0 Å². The fourth-order valence-corrected chi connectivity index (χ4v) is 2.83. The van der Waals surface area contributed by atoms with Crippen LogP contribution in [0.25, 0.3) is 0 Å². The van der Waals surface area contributed by atoms with E-state index >= 15 is 0 Å². The highest BCUT2D eigenvalue weighted by molar-refractivity contribution is 5.81. The lowest BCUT2D eigenvalue weighted by atomic mass is 10.1. The average Bonchev–Trinajstić information content (AvgIpc) is 2.50. The molecule has 0 aromatic heterocycles. The second kappa shape index (κ2) is 16.8. The topological polar surface area (TPSA) is 15.6 Å². The Morgan fingerprint density at radius 1 is 0.636 bits per heavy atom. The summed E-state index contributed by atoms with van der Waals surface area (Å²) >= 11 is 0. The summed E-state index contributed by atoms with van der Waals surface area (Å²) in [5, 5.41) is 0. The summed E-state index contributed by atoms with van der Waals surface area (Å²) in [6, 6.07) is 0. The van der Waals surface area contributed by atoms with Crippen molar-refractivity contribution in [2.75, 3.05) is 20.6 Å². The minimum atomic E-state index is 1.02. The van der Waals surface area contributed by atoms with E-state index in [0.717, 1.165) is 13.0 Å². The van der Waals surface area contributed by atoms with Gasteiger partial charge in [0.15, 0.2) is 0 Å². The van der Waals surface area contributed by atoms with Gasteiger partial charge < -0.3 is 4.90 Å². The number of rotatable bonds is 15. The molecule has 0 saturated carbocycles. The van der Waals surface area contributed by atoms with E-state index in [1.165, 1.54) is 89.3 Å². The summed E-state index contributed by atoms with van der Waals surface area (Å²) in [6.07, 6.45) is 19.2. The summed E-state index contributed by atoms with van der Waals surface area (Å²) in [4.78, 5) is 6.91. The molecule has 0 unspecified atom stereocenters. The molecule has 0 rings (SSSR count). The molecule has 0 N–H and O–H groups in total. The lowest BCUT2D eigenvalue weighted by Gasteiger charge is -2.15. The highest BCUT2D eigenvalue weighted by atomic mass is 15.1. The number of aliphatic imine (C=N–C) groups is 1. The van der Waals surface area contributed by atoms with Crippen LogP contribution in [0.1, 0.15) is 104 Å². The van der Waals surface area contributed by atoms with Crippen LogP contribution in [-0.2, 0) is 0 Å². The number of nitrogens with zero attached hydrogens (tertiary/aromatic N) is 2. The van der Waals surface area contributed by atoms with E-state index in [2.05, 4.69) is 32.8 Å². The van der Waals surface area contributed by atoms with E-state index in [1.807, 2.05) is 0 Å². The van der Waals surface area contributed by atoms with Crippen LogP contribution >= 0.6 is 0 Å². The largest absolute Gasteiger partial charge is 0.366 e. The molecule has 0 atom stereocenters. The zero-order chi connectivity index (χ0) is 16.5. The van der Waals surface area contributed by atoms with Crippen molar-refractivity contribution >= 4 is 5.84 Å². The van der Waals surface area contributed by atoms with Crippen molar-refractivity contribution in [3.05, 3.63) is 0 Å². The molecule has 0 saturated heterocycles. The Hall–Kier alpha value is -0.530. The maximum atomic E-state index is 4.74. The smallest absolute Gasteiger partial charge is 0.0983 e. The van der Waals surface area contributed by atoms with Crippen molar-refractivity contribution in [2.45, 2.75) is 104 Å². The molecular formula is C20H42N2. The number of unbranched alkanes of at least 4 members (excludes halogenated alkanes) is 11. The van der Waals surface area contributed by atoms with Crippen molar-refractivity contribution in [1.82, 2.24) is 4.90 Å². The van der Waals surface area contributed by atoms with Gasteiger partial charge in [-0.05, 0) is 12.8 Å². The molecule has 0 aromatic rings. The Morgan fingerprint density at radius 2 is 1.09 bits per heavy atom. The van der Waals surface area contributed by atoms with Gasteiger partial charge in [0, 0.05) is 27.1 Å². The monoisotopic (exact) mass is 310 g/mol. The molecule has 22 heavy (non-hydrogen) atoms. The van der Waals surface area contributed by atoms with Crippen molar-refractivity contribution in [3.63, 3.8) is 0 Å². The van der Waals surface area contributed by atoms with Gasteiger partial charge in [-0.3, -0.25) is 4.99 Å². The van der Waals surface area contributed by atoms with Crippen LogP contribution in [0.3, 0.4) is 0 Å². The molecule has 2 heteroatoms. The molecule has 0 aliphatic rings. The molecule has 0 aliphatic carbocycles. The Kier molecular flexibility index (Phi) is 16.4. The molecule has 0 spiro atoms. The summed E-state index contributed by atoms with van der Waals surface area (Å²) in [7, 11) is 4.22. The van der Waals surface area contributed by atoms with E-state index < -0.39 is 0 Å². The molecule has 0 amide bonds. The van der Waals surface area contributed by atoms with Gasteiger partial charge in [0.05, 0.1) is 5.84 Å². The van der Waals surface area contributed by atoms with Crippen molar-refractivity contribution in [3.8, 4) is 0 Å². The van der Waals surface area contributed by atoms with Crippen molar-refractivity contribution in [1.29, 1.82) is 0 Å². The van der Waals surface area contributed by atoms with E-state index in [-0.39, 0.29) is 0 Å². The Labute approximate surface area is 140 Å². The lowest BCUT2D eigenvalue weighted by molar-refractivity contribution is 0.543. The van der Waals surface area contributed by atoms with Gasteiger partial charge in [-0.25, -0.2) is 0 Å². The first-order chi connectivity index (χ1) is 10.7. The fraction of sp³-hybridized carbons (Fsp3) is 0.950. The van der Waals surface area contributed by atoms with Crippen LogP contribution in [-0.4, -0.2) is 31.4 Å². The third-order valence-electron chi connectivity index (χ3n) is 4.30. The molecule has 132 valence electrons. The standard InChI is InChI=1S/C20H42N2/c1-5-7-8-9-10-11-12-13-14-15-16-17-19-21-20(18-6-2)22(3)4/h5-19H2,1-4H3. The number of hydrogen-bond acceptors (Lipinski definition) is 1. The summed E-state index contributed by atoms with van der Waals surface area (Å²) < 4.78 is 0. The first kappa shape index (κ1) is 21.5. The second-order valence-electron chi connectivity index (χ2n) is 6.83. The zero-order valence-corrected chi connectivity index (χ0v) is 16.0. The second-order valence-corrected chi connectivity index (χ2v) is 6.83. The molecule has 0 radical (unpaired) electrons. The van der Waals surface area contributed by atoms with Crippen molar-refractivity contribution in [2.24, 2.45) is 4.99 Å². The predicted octanol–water partition coefficient (Wildman–Crippen LogP) is 6.45. The molecular weight excluding hydrogens is 268 g/mol. The first-order valence-electron chi connectivity index (χ1n) is 9.93. The summed E-state index contributed by atoms with van der Waals surface area (Å²) in [5.74, 6) is 1.27. The Bertz CT molecular complexity index is 246. The van der Waals surface area contributed by atoms with E-state index in [4.69, 9.17) is 4.99 Å². The molecule has 0 aromatic carbocycles. The maximum absolute atomic E-state index is 4.74. The quantitative estimate of drug-likeness (QED) is 0.193. The Balaban J connectivity index is 3.31. The van der Waals surface area contributed by atoms with Gasteiger partial charge >= 0.3 is 0 Å². The van der Waals surface area contributed by atoms with E-state index in [1.54, 1.807) is 0 Å². The molecule has 0 aliphatic heterocycles. The molecule has 0 heterocycles. The predicted molar refractivity (Wildman–Crippen MR) is 102 cm³/mol. The molecule has 0 bridgehead atoms. The highest BCUT2D eigenvalue weighted by Crippen LogP contribution is 2.12. The van der Waals surface area contributed by atoms with Gasteiger partial charge in [-0.2, -0.15) is 0 Å². The Morgan fingerprint density at radius 3 is 1.50 bits per heavy atom. The summed E-state index contributed by atoms with van der Waals surface area (Å²) in [5.41, 5.74) is 0. The zero-order valence-electron chi connectivity index (χ0n) is 16.0. The number of amidine groups is 1. The van der Waals surface area contributed by atoms with Gasteiger partial charge in [-0.15, -0.1) is 0 Å². The van der Waals surface area contributed by atoms with Crippen LogP contribution in [0.4, 0.5) is 0 Å². The maximum Gasteiger partial charge on any atom is 0.0983 e. The summed E-state index contributed by atoms with van der Waals surface area (Å²) in [6.45, 7) is 5.53. The lowest BCUT2D eigenvalue weighted by Crippen LogP contribution is -2.22. The molecule has 0 fully saturated rings. The number of hydrogen-bond donors (Lipinski definition) is 0. The van der Waals surface area contributed by atoms with Crippen molar-refractivity contribution < 1.29 is 0 Å². The first-order valence-corrected chi connectivity index (χ1v) is 9.93. The van der Waals surface area contributed by atoms with Crippen LogP contribution in [0.15, 0.2) is 4.99 Å². The van der Waals surface area contributed by atoms with E-state index in [0.29, 0.717) is 0 Å². The van der Waals surface area contributed by atoms with Crippen LogP contribution in [0.2, 0.25) is 0 Å². The fourth-order valence-electron chi connectivity index (χ4n) is 2.83. The average molecular weight is 311 g/mol. The SMILES string of the molecule is CCCCCCCCCCCCCCN=C(CCC)N(C)C. The van der Waals surface area contributed by atoms with Gasteiger partial charge in [0.25, 0.3) is 0 Å².